The Kier molecular flexibility index (Phi) is 8.87. The average Bonchev–Trinajstić information content (AvgIpc) is 2.90. The van der Waals surface area contributed by atoms with Crippen molar-refractivity contribution in [1.29, 1.82) is 0 Å². The number of carbonyl (C=O) groups is 1. The van der Waals surface area contributed by atoms with Gasteiger partial charge in [-0.3, -0.25) is 10.1 Å². The quantitative estimate of drug-likeness (QED) is 0.127. The molecule has 0 aliphatic rings. The molecule has 3 aromatic rings. The molecular weight excluding hydrogens is 477 g/mol. The number of ether oxygens (including phenoxy) is 1. The number of hydrogen-bond donors (Lipinski definition) is 0. The zero-order chi connectivity index (χ0) is 26.1. The monoisotopic (exact) mass is 498 g/mol. The SMILES string of the molecule is CCN(CCOC(=O)c1ccc(C(F)=C(F)F)cc1)c1ccc(N=Nc2ccc([N+](=O)[O-])cc2)cc1. The molecule has 0 radical (unpaired) electrons. The molecule has 0 aromatic heterocycles. The Balaban J connectivity index is 1.53. The Labute approximate surface area is 204 Å². The normalized spacial score (nSPS) is 10.8. The summed E-state index contributed by atoms with van der Waals surface area (Å²) in [5.41, 5.74) is 1.70. The number of azo groups is 1. The lowest BCUT2D eigenvalue weighted by atomic mass is 10.1. The van der Waals surface area contributed by atoms with E-state index in [0.717, 1.165) is 17.8 Å². The second-order valence-electron chi connectivity index (χ2n) is 7.36. The molecule has 8 nitrogen and oxygen atoms in total. The Morgan fingerprint density at radius 3 is 1.92 bits per heavy atom. The van der Waals surface area contributed by atoms with Crippen molar-refractivity contribution in [1.82, 2.24) is 0 Å². The molecule has 0 saturated heterocycles. The maximum Gasteiger partial charge on any atom is 0.338 e. The number of carbonyl (C=O) groups excluding carboxylic acids is 1. The van der Waals surface area contributed by atoms with Crippen LogP contribution < -0.4 is 4.90 Å². The number of halogens is 3. The van der Waals surface area contributed by atoms with Crippen molar-refractivity contribution < 1.29 is 27.6 Å². The zero-order valence-corrected chi connectivity index (χ0v) is 19.1. The Morgan fingerprint density at radius 1 is 0.889 bits per heavy atom. The van der Waals surface area contributed by atoms with Crippen molar-refractivity contribution in [3.63, 3.8) is 0 Å². The van der Waals surface area contributed by atoms with E-state index in [-0.39, 0.29) is 23.4 Å². The van der Waals surface area contributed by atoms with Gasteiger partial charge < -0.3 is 9.64 Å². The molecule has 0 spiro atoms. The molecule has 0 aliphatic carbocycles. The van der Waals surface area contributed by atoms with Gasteiger partial charge >= 0.3 is 12.0 Å². The van der Waals surface area contributed by atoms with Crippen molar-refractivity contribution in [2.24, 2.45) is 10.2 Å². The van der Waals surface area contributed by atoms with Crippen molar-refractivity contribution in [3.8, 4) is 0 Å². The van der Waals surface area contributed by atoms with Gasteiger partial charge in [-0.2, -0.15) is 19.0 Å². The number of anilines is 1. The number of nitro benzene ring substituents is 1. The highest BCUT2D eigenvalue weighted by Crippen LogP contribution is 2.24. The molecular formula is C25H21F3N4O4. The molecule has 0 bridgehead atoms. The van der Waals surface area contributed by atoms with Gasteiger partial charge in [0.15, 0.2) is 5.83 Å². The molecule has 0 aliphatic heterocycles. The summed E-state index contributed by atoms with van der Waals surface area (Å²) < 4.78 is 43.2. The van der Waals surface area contributed by atoms with E-state index in [2.05, 4.69) is 10.2 Å². The first-order valence-electron chi connectivity index (χ1n) is 10.8. The number of likely N-dealkylation sites (N-methyl/N-ethyl adjacent to an activating group) is 1. The second kappa shape index (κ2) is 12.2. The van der Waals surface area contributed by atoms with Crippen LogP contribution in [0.5, 0.6) is 0 Å². The molecule has 3 rings (SSSR count). The van der Waals surface area contributed by atoms with E-state index in [1.54, 1.807) is 12.1 Å². The van der Waals surface area contributed by atoms with Crippen LogP contribution in [-0.2, 0) is 4.74 Å². The Hall–Kier alpha value is -4.54. The van der Waals surface area contributed by atoms with Crippen LogP contribution in [0.1, 0.15) is 22.8 Å². The molecule has 0 unspecified atom stereocenters. The topological polar surface area (TPSA) is 97.4 Å². The maximum absolute atomic E-state index is 13.2. The minimum Gasteiger partial charge on any atom is -0.460 e. The first-order valence-corrected chi connectivity index (χ1v) is 10.8. The molecule has 0 N–H and O–H groups in total. The van der Waals surface area contributed by atoms with E-state index in [0.29, 0.717) is 24.5 Å². The third-order valence-corrected chi connectivity index (χ3v) is 5.07. The van der Waals surface area contributed by atoms with E-state index < -0.39 is 22.8 Å². The summed E-state index contributed by atoms with van der Waals surface area (Å²) in [5.74, 6) is -2.28. The largest absolute Gasteiger partial charge is 0.460 e. The van der Waals surface area contributed by atoms with E-state index in [1.807, 2.05) is 24.0 Å². The summed E-state index contributed by atoms with van der Waals surface area (Å²) in [5, 5.41) is 18.9. The fourth-order valence-electron chi connectivity index (χ4n) is 3.15. The minimum absolute atomic E-state index is 0.0281. The number of nitrogens with zero attached hydrogens (tertiary/aromatic N) is 4. The highest BCUT2D eigenvalue weighted by Gasteiger charge is 2.12. The molecule has 3 aromatic carbocycles. The highest BCUT2D eigenvalue weighted by atomic mass is 19.3. The maximum atomic E-state index is 13.2. The van der Waals surface area contributed by atoms with Gasteiger partial charge in [0.05, 0.1) is 28.4 Å². The van der Waals surface area contributed by atoms with Gasteiger partial charge in [-0.05, 0) is 55.5 Å². The Bertz CT molecular complexity index is 1260. The van der Waals surface area contributed by atoms with Gasteiger partial charge in [0.25, 0.3) is 5.69 Å². The molecule has 0 atom stereocenters. The molecule has 0 amide bonds. The summed E-state index contributed by atoms with van der Waals surface area (Å²) in [4.78, 5) is 24.4. The predicted molar refractivity (Wildman–Crippen MR) is 129 cm³/mol. The summed E-state index contributed by atoms with van der Waals surface area (Å²) >= 11 is 0. The van der Waals surface area contributed by atoms with Crippen LogP contribution >= 0.6 is 0 Å². The first kappa shape index (κ1) is 26.1. The van der Waals surface area contributed by atoms with Gasteiger partial charge in [-0.25, -0.2) is 9.18 Å². The molecule has 11 heteroatoms. The van der Waals surface area contributed by atoms with Crippen LogP contribution in [0.15, 0.2) is 89.1 Å². The second-order valence-corrected chi connectivity index (χ2v) is 7.36. The summed E-state index contributed by atoms with van der Waals surface area (Å²) in [6.45, 7) is 3.04. The van der Waals surface area contributed by atoms with E-state index in [9.17, 15) is 28.1 Å². The molecule has 0 heterocycles. The molecule has 36 heavy (non-hydrogen) atoms. The predicted octanol–water partition coefficient (Wildman–Crippen LogP) is 7.23. The Morgan fingerprint density at radius 2 is 1.42 bits per heavy atom. The van der Waals surface area contributed by atoms with Crippen LogP contribution in [-0.4, -0.2) is 30.6 Å². The van der Waals surface area contributed by atoms with Crippen molar-refractivity contribution in [2.75, 3.05) is 24.6 Å². The summed E-state index contributed by atoms with van der Waals surface area (Å²) in [7, 11) is 0. The van der Waals surface area contributed by atoms with Crippen LogP contribution in [0, 0.1) is 10.1 Å². The number of esters is 1. The molecule has 0 fully saturated rings. The number of rotatable bonds is 10. The molecule has 0 saturated carbocycles. The third-order valence-electron chi connectivity index (χ3n) is 5.07. The van der Waals surface area contributed by atoms with Crippen LogP contribution in [0.25, 0.3) is 5.83 Å². The van der Waals surface area contributed by atoms with Gasteiger partial charge in [0.1, 0.15) is 6.61 Å². The van der Waals surface area contributed by atoms with Gasteiger partial charge in [0.2, 0.25) is 0 Å². The van der Waals surface area contributed by atoms with Gasteiger partial charge in [0, 0.05) is 29.9 Å². The van der Waals surface area contributed by atoms with E-state index in [1.165, 1.54) is 36.4 Å². The lowest BCUT2D eigenvalue weighted by Crippen LogP contribution is -2.27. The zero-order valence-electron chi connectivity index (χ0n) is 19.1. The van der Waals surface area contributed by atoms with Crippen LogP contribution in [0.4, 0.5) is 35.9 Å². The minimum atomic E-state index is -2.43. The van der Waals surface area contributed by atoms with Gasteiger partial charge in [-0.1, -0.05) is 12.1 Å². The first-order chi connectivity index (χ1) is 17.3. The van der Waals surface area contributed by atoms with Crippen LogP contribution in [0.3, 0.4) is 0 Å². The third kappa shape index (κ3) is 6.98. The fourth-order valence-corrected chi connectivity index (χ4v) is 3.15. The van der Waals surface area contributed by atoms with E-state index in [4.69, 9.17) is 4.74 Å². The molecule has 186 valence electrons. The van der Waals surface area contributed by atoms with Crippen molar-refractivity contribution >= 4 is 34.5 Å². The number of benzene rings is 3. The number of hydrogen-bond acceptors (Lipinski definition) is 7. The van der Waals surface area contributed by atoms with Crippen LogP contribution in [0.2, 0.25) is 0 Å². The fraction of sp³-hybridized carbons (Fsp3) is 0.160. The summed E-state index contributed by atoms with van der Waals surface area (Å²) in [6.07, 6.45) is -2.43. The average molecular weight is 498 g/mol. The lowest BCUT2D eigenvalue weighted by Gasteiger charge is -2.23. The number of nitro groups is 1. The summed E-state index contributed by atoms with van der Waals surface area (Å²) in [6, 6.07) is 17.5. The van der Waals surface area contributed by atoms with Gasteiger partial charge in [-0.15, -0.1) is 0 Å². The highest BCUT2D eigenvalue weighted by molar-refractivity contribution is 5.89. The van der Waals surface area contributed by atoms with Crippen molar-refractivity contribution in [3.05, 3.63) is 100 Å². The smallest absolute Gasteiger partial charge is 0.338 e. The lowest BCUT2D eigenvalue weighted by molar-refractivity contribution is -0.384. The standard InChI is InChI=1S/C25H21F3N4O4/c1-2-31(15-16-36-25(33)18-5-3-17(4-6-18)23(26)24(27)28)21-11-7-19(8-12-21)29-30-20-9-13-22(14-10-20)32(34)35/h3-14H,2,15-16H2,1H3. The van der Waals surface area contributed by atoms with Crippen molar-refractivity contribution in [2.45, 2.75) is 6.92 Å². The number of non-ortho nitro benzene ring substituents is 1. The van der Waals surface area contributed by atoms with E-state index >= 15 is 0 Å².